The van der Waals surface area contributed by atoms with Crippen molar-refractivity contribution >= 4 is 28.7 Å². The first-order valence-corrected chi connectivity index (χ1v) is 5.66. The molecule has 0 saturated carbocycles. The summed E-state index contributed by atoms with van der Waals surface area (Å²) >= 11 is 1.88. The monoisotopic (exact) mass is 321 g/mol. The highest BCUT2D eigenvalue weighted by Crippen LogP contribution is 2.19. The van der Waals surface area contributed by atoms with Crippen LogP contribution in [0.25, 0.3) is 0 Å². The van der Waals surface area contributed by atoms with Gasteiger partial charge in [-0.25, -0.2) is 9.18 Å². The van der Waals surface area contributed by atoms with Crippen molar-refractivity contribution in [1.29, 1.82) is 0 Å². The molecule has 0 radical (unpaired) electrons. The molecule has 0 aliphatic carbocycles. The van der Waals surface area contributed by atoms with Gasteiger partial charge in [-0.1, -0.05) is 0 Å². The van der Waals surface area contributed by atoms with Crippen molar-refractivity contribution in [2.75, 3.05) is 13.1 Å². The number of likely N-dealkylation sites (tertiary alicyclic amines) is 1. The second-order valence-electron chi connectivity index (χ2n) is 3.28. The molecule has 1 aliphatic rings. The lowest BCUT2D eigenvalue weighted by Crippen LogP contribution is -2.43. The molecule has 0 unspecified atom stereocenters. The van der Waals surface area contributed by atoms with Crippen LogP contribution in [-0.4, -0.2) is 24.1 Å². The molecule has 0 bridgehead atoms. The lowest BCUT2D eigenvalue weighted by molar-refractivity contribution is 0.125. The van der Waals surface area contributed by atoms with Gasteiger partial charge in [-0.15, -0.1) is 0 Å². The Bertz CT molecular complexity index is 393. The zero-order chi connectivity index (χ0) is 10.8. The number of halogens is 2. The van der Waals surface area contributed by atoms with E-state index < -0.39 is 6.09 Å². The Morgan fingerprint density at radius 2 is 2.20 bits per heavy atom. The second-order valence-corrected chi connectivity index (χ2v) is 4.45. The van der Waals surface area contributed by atoms with Crippen LogP contribution in [0.2, 0.25) is 0 Å². The van der Waals surface area contributed by atoms with Crippen LogP contribution < -0.4 is 4.74 Å². The summed E-state index contributed by atoms with van der Waals surface area (Å²) in [5.74, 6) is -0.116. The molecule has 1 aliphatic heterocycles. The third-order valence-corrected chi connectivity index (χ3v) is 3.09. The van der Waals surface area contributed by atoms with Gasteiger partial charge in [-0.2, -0.15) is 0 Å². The van der Waals surface area contributed by atoms with Crippen LogP contribution in [0.1, 0.15) is 6.42 Å². The first kappa shape index (κ1) is 10.7. The fourth-order valence-electron chi connectivity index (χ4n) is 1.20. The Morgan fingerprint density at radius 1 is 1.47 bits per heavy atom. The molecular formula is C10H9FINO2. The van der Waals surface area contributed by atoms with Crippen LogP contribution in [0.3, 0.4) is 0 Å². The molecule has 0 aromatic heterocycles. The zero-order valence-corrected chi connectivity index (χ0v) is 10.0. The van der Waals surface area contributed by atoms with Crippen molar-refractivity contribution in [2.24, 2.45) is 0 Å². The standard InChI is InChI=1S/C10H9FINO2/c11-8-6-7(2-3-9(8)12)15-10(14)13-4-1-5-13/h2-3,6H,1,4-5H2. The number of nitrogens with zero attached hydrogens (tertiary/aromatic N) is 1. The summed E-state index contributed by atoms with van der Waals surface area (Å²) in [5.41, 5.74) is 0. The van der Waals surface area contributed by atoms with Gasteiger partial charge >= 0.3 is 6.09 Å². The molecular weight excluding hydrogens is 312 g/mol. The summed E-state index contributed by atoms with van der Waals surface area (Å²) in [7, 11) is 0. The number of carbonyl (C=O) groups excluding carboxylic acids is 1. The van der Waals surface area contributed by atoms with Crippen LogP contribution in [-0.2, 0) is 0 Å². The van der Waals surface area contributed by atoms with E-state index in [1.165, 1.54) is 6.07 Å². The third-order valence-electron chi connectivity index (χ3n) is 2.21. The summed E-state index contributed by atoms with van der Waals surface area (Å²) in [6.07, 6.45) is 0.609. The molecule has 0 N–H and O–H groups in total. The maximum Gasteiger partial charge on any atom is 0.415 e. The molecule has 1 saturated heterocycles. The molecule has 1 fully saturated rings. The maximum atomic E-state index is 13.1. The van der Waals surface area contributed by atoms with Crippen molar-refractivity contribution in [2.45, 2.75) is 6.42 Å². The van der Waals surface area contributed by atoms with Gasteiger partial charge in [0, 0.05) is 22.7 Å². The molecule has 5 heteroatoms. The molecule has 1 aromatic rings. The summed E-state index contributed by atoms with van der Waals surface area (Å²) in [4.78, 5) is 12.9. The van der Waals surface area contributed by atoms with Gasteiger partial charge in [0.2, 0.25) is 0 Å². The molecule has 3 nitrogen and oxygen atoms in total. The molecule has 1 amide bonds. The predicted molar refractivity (Wildman–Crippen MR) is 61.3 cm³/mol. The second kappa shape index (κ2) is 4.34. The number of rotatable bonds is 1. The average molecular weight is 321 g/mol. The van der Waals surface area contributed by atoms with Gasteiger partial charge in [0.15, 0.2) is 0 Å². The molecule has 1 heterocycles. The number of carbonyl (C=O) groups is 1. The number of hydrogen-bond donors (Lipinski definition) is 0. The Balaban J connectivity index is 2.03. The molecule has 1 aromatic carbocycles. The lowest BCUT2D eigenvalue weighted by Gasteiger charge is -2.29. The van der Waals surface area contributed by atoms with E-state index >= 15 is 0 Å². The predicted octanol–water partition coefficient (Wildman–Crippen LogP) is 2.63. The van der Waals surface area contributed by atoms with E-state index in [2.05, 4.69) is 0 Å². The summed E-state index contributed by atoms with van der Waals surface area (Å²) < 4.78 is 18.6. The highest BCUT2D eigenvalue weighted by molar-refractivity contribution is 14.1. The molecule has 2 rings (SSSR count). The van der Waals surface area contributed by atoms with Gasteiger partial charge in [0.1, 0.15) is 11.6 Å². The van der Waals surface area contributed by atoms with Crippen LogP contribution >= 0.6 is 22.6 Å². The minimum Gasteiger partial charge on any atom is -0.410 e. The third kappa shape index (κ3) is 2.39. The van der Waals surface area contributed by atoms with Gasteiger partial charge < -0.3 is 9.64 Å². The lowest BCUT2D eigenvalue weighted by atomic mass is 10.2. The maximum absolute atomic E-state index is 13.1. The topological polar surface area (TPSA) is 29.5 Å². The van der Waals surface area contributed by atoms with E-state index in [1.807, 2.05) is 22.6 Å². The summed E-state index contributed by atoms with van der Waals surface area (Å²) in [5, 5.41) is 0. The van der Waals surface area contributed by atoms with Crippen molar-refractivity contribution < 1.29 is 13.9 Å². The Morgan fingerprint density at radius 3 is 2.73 bits per heavy atom. The van der Waals surface area contributed by atoms with Crippen molar-refractivity contribution in [3.05, 3.63) is 27.6 Å². The van der Waals surface area contributed by atoms with Crippen LogP contribution in [0, 0.1) is 9.39 Å². The number of amides is 1. The largest absolute Gasteiger partial charge is 0.415 e. The van der Waals surface area contributed by atoms with Gasteiger partial charge in [0.05, 0.1) is 0 Å². The van der Waals surface area contributed by atoms with Crippen LogP contribution in [0.5, 0.6) is 5.75 Å². The summed E-state index contributed by atoms with van der Waals surface area (Å²) in [6, 6.07) is 4.39. The average Bonchev–Trinajstić information content (AvgIpc) is 2.08. The highest BCUT2D eigenvalue weighted by Gasteiger charge is 2.22. The van der Waals surface area contributed by atoms with Crippen LogP contribution in [0.4, 0.5) is 9.18 Å². The molecule has 80 valence electrons. The first-order valence-electron chi connectivity index (χ1n) is 4.58. The summed E-state index contributed by atoms with van der Waals surface area (Å²) in [6.45, 7) is 1.46. The van der Waals surface area contributed by atoms with Crippen LogP contribution in [0.15, 0.2) is 18.2 Å². The normalized spacial score (nSPS) is 14.7. The van der Waals surface area contributed by atoms with Gasteiger partial charge in [0.25, 0.3) is 0 Å². The highest BCUT2D eigenvalue weighted by atomic mass is 127. The number of hydrogen-bond acceptors (Lipinski definition) is 2. The number of benzene rings is 1. The Labute approximate surface area is 100 Å². The quantitative estimate of drug-likeness (QED) is 0.744. The van der Waals surface area contributed by atoms with E-state index in [0.717, 1.165) is 19.5 Å². The first-order chi connectivity index (χ1) is 7.16. The van der Waals surface area contributed by atoms with Crippen molar-refractivity contribution in [3.63, 3.8) is 0 Å². The van der Waals surface area contributed by atoms with Crippen molar-refractivity contribution in [3.8, 4) is 5.75 Å². The SMILES string of the molecule is O=C(Oc1ccc(I)c(F)c1)N1CCC1. The molecule has 0 spiro atoms. The van der Waals surface area contributed by atoms with Gasteiger partial charge in [-0.3, -0.25) is 0 Å². The van der Waals surface area contributed by atoms with Gasteiger partial charge in [-0.05, 0) is 41.1 Å². The molecule has 0 atom stereocenters. The fraction of sp³-hybridized carbons (Fsp3) is 0.300. The Hall–Kier alpha value is -0.850. The van der Waals surface area contributed by atoms with E-state index in [9.17, 15) is 9.18 Å². The van der Waals surface area contributed by atoms with E-state index in [1.54, 1.807) is 17.0 Å². The fourth-order valence-corrected chi connectivity index (χ4v) is 1.54. The smallest absolute Gasteiger partial charge is 0.410 e. The molecule has 15 heavy (non-hydrogen) atoms. The Kier molecular flexibility index (Phi) is 3.08. The van der Waals surface area contributed by atoms with Crippen molar-refractivity contribution in [1.82, 2.24) is 4.90 Å². The van der Waals surface area contributed by atoms with E-state index in [4.69, 9.17) is 4.74 Å². The van der Waals surface area contributed by atoms with E-state index in [-0.39, 0.29) is 11.6 Å². The minimum atomic E-state index is -0.401. The number of ether oxygens (including phenoxy) is 1. The van der Waals surface area contributed by atoms with E-state index in [0.29, 0.717) is 3.57 Å². The zero-order valence-electron chi connectivity index (χ0n) is 7.87. The minimum absolute atomic E-state index is 0.254.